The Morgan fingerprint density at radius 1 is 1.39 bits per heavy atom. The number of amides is 1. The molecule has 5 heteroatoms. The van der Waals surface area contributed by atoms with Gasteiger partial charge in [0.2, 0.25) is 5.91 Å². The van der Waals surface area contributed by atoms with Gasteiger partial charge >= 0.3 is 0 Å². The van der Waals surface area contributed by atoms with E-state index in [0.29, 0.717) is 6.54 Å². The SMILES string of the molecule is CC(CNC(=O)C(C)c1ccccc1)/C(N)=N/O. The van der Waals surface area contributed by atoms with Gasteiger partial charge in [-0.05, 0) is 12.5 Å². The van der Waals surface area contributed by atoms with Crippen LogP contribution in [0.2, 0.25) is 0 Å². The summed E-state index contributed by atoms with van der Waals surface area (Å²) in [7, 11) is 0. The lowest BCUT2D eigenvalue weighted by molar-refractivity contribution is -0.122. The van der Waals surface area contributed by atoms with Crippen LogP contribution in [0, 0.1) is 5.92 Å². The second-order valence-corrected chi connectivity index (χ2v) is 4.30. The first kappa shape index (κ1) is 14.0. The van der Waals surface area contributed by atoms with Gasteiger partial charge in [-0.25, -0.2) is 0 Å². The van der Waals surface area contributed by atoms with Crippen molar-refractivity contribution in [3.8, 4) is 0 Å². The van der Waals surface area contributed by atoms with Gasteiger partial charge in [0.25, 0.3) is 0 Å². The third-order valence-electron chi connectivity index (χ3n) is 2.90. The lowest BCUT2D eigenvalue weighted by Gasteiger charge is -2.15. The molecule has 4 N–H and O–H groups in total. The summed E-state index contributed by atoms with van der Waals surface area (Å²) in [5, 5.41) is 14.2. The summed E-state index contributed by atoms with van der Waals surface area (Å²) in [5.74, 6) is -0.367. The van der Waals surface area contributed by atoms with Gasteiger partial charge in [0.05, 0.1) is 5.92 Å². The monoisotopic (exact) mass is 249 g/mol. The second-order valence-electron chi connectivity index (χ2n) is 4.30. The predicted octanol–water partition coefficient (Wildman–Crippen LogP) is 1.29. The van der Waals surface area contributed by atoms with Gasteiger partial charge in [-0.15, -0.1) is 0 Å². The molecule has 98 valence electrons. The zero-order valence-electron chi connectivity index (χ0n) is 10.6. The summed E-state index contributed by atoms with van der Waals surface area (Å²) < 4.78 is 0. The van der Waals surface area contributed by atoms with Crippen LogP contribution >= 0.6 is 0 Å². The number of nitrogens with zero attached hydrogens (tertiary/aromatic N) is 1. The first-order valence-electron chi connectivity index (χ1n) is 5.86. The summed E-state index contributed by atoms with van der Waals surface area (Å²) >= 11 is 0. The molecule has 2 unspecified atom stereocenters. The summed E-state index contributed by atoms with van der Waals surface area (Å²) in [6.45, 7) is 3.98. The number of rotatable bonds is 5. The van der Waals surface area contributed by atoms with Crippen molar-refractivity contribution in [1.82, 2.24) is 5.32 Å². The predicted molar refractivity (Wildman–Crippen MR) is 70.4 cm³/mol. The molecule has 18 heavy (non-hydrogen) atoms. The molecule has 1 rings (SSSR count). The van der Waals surface area contributed by atoms with Crippen molar-refractivity contribution in [1.29, 1.82) is 0 Å². The second kappa shape index (κ2) is 6.64. The van der Waals surface area contributed by atoms with Gasteiger partial charge in [0.15, 0.2) is 0 Å². The molecule has 0 aliphatic rings. The van der Waals surface area contributed by atoms with E-state index in [0.717, 1.165) is 5.56 Å². The highest BCUT2D eigenvalue weighted by Crippen LogP contribution is 2.14. The number of benzene rings is 1. The molecule has 0 bridgehead atoms. The highest BCUT2D eigenvalue weighted by Gasteiger charge is 2.16. The van der Waals surface area contributed by atoms with Crippen LogP contribution in [0.3, 0.4) is 0 Å². The molecule has 0 spiro atoms. The van der Waals surface area contributed by atoms with Gasteiger partial charge in [0, 0.05) is 12.5 Å². The lowest BCUT2D eigenvalue weighted by atomic mass is 10.0. The van der Waals surface area contributed by atoms with E-state index in [1.54, 1.807) is 6.92 Å². The third kappa shape index (κ3) is 3.76. The van der Waals surface area contributed by atoms with E-state index in [9.17, 15) is 4.79 Å². The van der Waals surface area contributed by atoms with Crippen LogP contribution < -0.4 is 11.1 Å². The molecular formula is C13H19N3O2. The standard InChI is InChI=1S/C13H19N3O2/c1-9(12(14)16-18)8-15-13(17)10(2)11-6-4-3-5-7-11/h3-7,9-10,18H,8H2,1-2H3,(H2,14,16)(H,15,17). The summed E-state index contributed by atoms with van der Waals surface area (Å²) in [6.07, 6.45) is 0. The number of carbonyl (C=O) groups excluding carboxylic acids is 1. The van der Waals surface area contributed by atoms with Crippen LogP contribution in [0.1, 0.15) is 25.3 Å². The zero-order valence-corrected chi connectivity index (χ0v) is 10.6. The van der Waals surface area contributed by atoms with E-state index in [-0.39, 0.29) is 23.6 Å². The van der Waals surface area contributed by atoms with E-state index in [4.69, 9.17) is 10.9 Å². The zero-order chi connectivity index (χ0) is 13.5. The minimum atomic E-state index is -0.217. The maximum absolute atomic E-state index is 11.9. The molecule has 1 amide bonds. The van der Waals surface area contributed by atoms with Crippen molar-refractivity contribution in [3.63, 3.8) is 0 Å². The van der Waals surface area contributed by atoms with E-state index >= 15 is 0 Å². The van der Waals surface area contributed by atoms with E-state index in [1.165, 1.54) is 0 Å². The highest BCUT2D eigenvalue weighted by molar-refractivity contribution is 5.85. The van der Waals surface area contributed by atoms with Gasteiger partial charge in [0.1, 0.15) is 5.84 Å². The fourth-order valence-corrected chi connectivity index (χ4v) is 1.50. The Hall–Kier alpha value is -2.04. The van der Waals surface area contributed by atoms with E-state index < -0.39 is 0 Å². The van der Waals surface area contributed by atoms with Crippen LogP contribution in [0.25, 0.3) is 0 Å². The third-order valence-corrected chi connectivity index (χ3v) is 2.90. The Morgan fingerprint density at radius 3 is 2.56 bits per heavy atom. The Morgan fingerprint density at radius 2 is 2.00 bits per heavy atom. The molecule has 0 saturated carbocycles. The van der Waals surface area contributed by atoms with Gasteiger partial charge in [-0.3, -0.25) is 4.79 Å². The fraction of sp³-hybridized carbons (Fsp3) is 0.385. The maximum atomic E-state index is 11.9. The van der Waals surface area contributed by atoms with Crippen LogP contribution in [-0.2, 0) is 4.79 Å². The molecule has 0 heterocycles. The van der Waals surface area contributed by atoms with Crippen molar-refractivity contribution in [2.45, 2.75) is 19.8 Å². The highest BCUT2D eigenvalue weighted by atomic mass is 16.4. The van der Waals surface area contributed by atoms with E-state index in [1.807, 2.05) is 37.3 Å². The van der Waals surface area contributed by atoms with Crippen LogP contribution in [0.5, 0.6) is 0 Å². The van der Waals surface area contributed by atoms with Crippen molar-refractivity contribution in [3.05, 3.63) is 35.9 Å². The summed E-state index contributed by atoms with van der Waals surface area (Å²) in [4.78, 5) is 11.9. The first-order valence-corrected chi connectivity index (χ1v) is 5.86. The Kier molecular flexibility index (Phi) is 5.17. The quantitative estimate of drug-likeness (QED) is 0.318. The number of oxime groups is 1. The van der Waals surface area contributed by atoms with Crippen molar-refractivity contribution < 1.29 is 10.0 Å². The minimum absolute atomic E-state index is 0.0706. The molecule has 0 fully saturated rings. The van der Waals surface area contributed by atoms with Gasteiger partial charge in [-0.2, -0.15) is 0 Å². The van der Waals surface area contributed by atoms with Crippen LogP contribution in [-0.4, -0.2) is 23.5 Å². The van der Waals surface area contributed by atoms with Crippen molar-refractivity contribution in [2.24, 2.45) is 16.8 Å². The van der Waals surface area contributed by atoms with Crippen LogP contribution in [0.15, 0.2) is 35.5 Å². The normalized spacial score (nSPS) is 14.9. The minimum Gasteiger partial charge on any atom is -0.409 e. The molecule has 0 aliphatic heterocycles. The molecule has 0 radical (unpaired) electrons. The first-order chi connectivity index (χ1) is 8.56. The van der Waals surface area contributed by atoms with Crippen molar-refractivity contribution >= 4 is 11.7 Å². The lowest BCUT2D eigenvalue weighted by Crippen LogP contribution is -2.36. The van der Waals surface area contributed by atoms with Gasteiger partial charge < -0.3 is 16.3 Å². The summed E-state index contributed by atoms with van der Waals surface area (Å²) in [6, 6.07) is 9.54. The fourth-order valence-electron chi connectivity index (χ4n) is 1.50. The number of hydrogen-bond acceptors (Lipinski definition) is 3. The topological polar surface area (TPSA) is 87.7 Å². The Labute approximate surface area is 107 Å². The maximum Gasteiger partial charge on any atom is 0.227 e. The molecule has 0 saturated heterocycles. The molecule has 2 atom stereocenters. The molecular weight excluding hydrogens is 230 g/mol. The Balaban J connectivity index is 2.51. The molecule has 5 nitrogen and oxygen atoms in total. The number of carbonyl (C=O) groups is 1. The average Bonchev–Trinajstić information content (AvgIpc) is 2.43. The average molecular weight is 249 g/mol. The number of nitrogens with two attached hydrogens (primary N) is 1. The number of amidine groups is 1. The van der Waals surface area contributed by atoms with Crippen LogP contribution in [0.4, 0.5) is 0 Å². The Bertz CT molecular complexity index is 418. The summed E-state index contributed by atoms with van der Waals surface area (Å²) in [5.41, 5.74) is 6.40. The molecule has 0 aromatic heterocycles. The molecule has 1 aromatic carbocycles. The number of hydrogen-bond donors (Lipinski definition) is 3. The smallest absolute Gasteiger partial charge is 0.227 e. The molecule has 0 aliphatic carbocycles. The van der Waals surface area contributed by atoms with E-state index in [2.05, 4.69) is 10.5 Å². The van der Waals surface area contributed by atoms with Crippen molar-refractivity contribution in [2.75, 3.05) is 6.54 Å². The number of nitrogens with one attached hydrogen (secondary N) is 1. The molecule has 1 aromatic rings. The van der Waals surface area contributed by atoms with Gasteiger partial charge in [-0.1, -0.05) is 42.4 Å². The largest absolute Gasteiger partial charge is 0.409 e.